The van der Waals surface area contributed by atoms with E-state index in [1.807, 2.05) is 44.2 Å². The summed E-state index contributed by atoms with van der Waals surface area (Å²) in [6.07, 6.45) is 1.10. The van der Waals surface area contributed by atoms with Gasteiger partial charge in [-0.15, -0.1) is 24.0 Å². The van der Waals surface area contributed by atoms with Crippen LogP contribution in [0.1, 0.15) is 49.1 Å². The molecule has 29 heavy (non-hydrogen) atoms. The van der Waals surface area contributed by atoms with Crippen LogP contribution >= 0.6 is 24.0 Å². The summed E-state index contributed by atoms with van der Waals surface area (Å²) in [5.74, 6) is 0.918. The van der Waals surface area contributed by atoms with Crippen molar-refractivity contribution >= 4 is 29.9 Å². The molecule has 0 amide bonds. The molecule has 0 saturated carbocycles. The van der Waals surface area contributed by atoms with Gasteiger partial charge in [0.05, 0.1) is 12.1 Å². The van der Waals surface area contributed by atoms with Crippen molar-refractivity contribution in [3.63, 3.8) is 0 Å². The molecule has 0 aromatic heterocycles. The summed E-state index contributed by atoms with van der Waals surface area (Å²) in [6, 6.07) is 15.7. The molecule has 0 aliphatic carbocycles. The minimum Gasteiger partial charge on any atom is -0.373 e. The lowest BCUT2D eigenvalue weighted by Gasteiger charge is -2.21. The Bertz CT molecular complexity index is 800. The van der Waals surface area contributed by atoms with Crippen LogP contribution in [0.25, 0.3) is 0 Å². The largest absolute Gasteiger partial charge is 0.373 e. The van der Waals surface area contributed by atoms with Gasteiger partial charge in [-0.2, -0.15) is 0 Å². The van der Waals surface area contributed by atoms with Crippen LogP contribution in [-0.2, 0) is 4.74 Å². The van der Waals surface area contributed by atoms with Crippen LogP contribution in [0.5, 0.6) is 0 Å². The van der Waals surface area contributed by atoms with E-state index in [1.54, 1.807) is 13.0 Å². The van der Waals surface area contributed by atoms with Gasteiger partial charge in [-0.1, -0.05) is 42.5 Å². The fourth-order valence-corrected chi connectivity index (χ4v) is 3.53. The normalized spacial score (nSPS) is 20.1. The minimum atomic E-state index is -0.179. The molecule has 158 valence electrons. The van der Waals surface area contributed by atoms with E-state index in [1.165, 1.54) is 5.56 Å². The van der Waals surface area contributed by atoms with Gasteiger partial charge in [-0.3, -0.25) is 4.99 Å². The number of nitrogens with zero attached hydrogens (tertiary/aromatic N) is 1. The summed E-state index contributed by atoms with van der Waals surface area (Å²) in [4.78, 5) is 4.80. The first-order valence-electron chi connectivity index (χ1n) is 10.1. The van der Waals surface area contributed by atoms with Crippen LogP contribution in [0.3, 0.4) is 0 Å². The summed E-state index contributed by atoms with van der Waals surface area (Å²) in [6.45, 7) is 8.05. The Hall–Kier alpha value is -1.67. The second-order valence-corrected chi connectivity index (χ2v) is 7.35. The van der Waals surface area contributed by atoms with Crippen molar-refractivity contribution in [3.8, 4) is 0 Å². The fraction of sp³-hybridized carbons (Fsp3) is 0.435. The first kappa shape index (κ1) is 23.6. The Kier molecular flexibility index (Phi) is 9.36. The maximum absolute atomic E-state index is 13.9. The number of rotatable bonds is 6. The average Bonchev–Trinajstić information content (AvgIpc) is 3.17. The highest BCUT2D eigenvalue weighted by atomic mass is 127. The van der Waals surface area contributed by atoms with Crippen LogP contribution in [0, 0.1) is 18.7 Å². The van der Waals surface area contributed by atoms with Crippen molar-refractivity contribution in [2.24, 2.45) is 10.9 Å². The molecule has 1 aliphatic rings. The molecular formula is C23H31FIN3O. The van der Waals surface area contributed by atoms with Gasteiger partial charge < -0.3 is 15.4 Å². The van der Waals surface area contributed by atoms with Gasteiger partial charge in [0.15, 0.2) is 5.96 Å². The van der Waals surface area contributed by atoms with Crippen LogP contribution in [0.15, 0.2) is 53.5 Å². The molecule has 0 bridgehead atoms. The fourth-order valence-electron chi connectivity index (χ4n) is 3.53. The lowest BCUT2D eigenvalue weighted by molar-refractivity contribution is 0.0925. The number of benzene rings is 2. The second-order valence-electron chi connectivity index (χ2n) is 7.35. The van der Waals surface area contributed by atoms with Crippen LogP contribution in [0.4, 0.5) is 4.39 Å². The number of aliphatic imine (C=N–C) groups is 1. The van der Waals surface area contributed by atoms with Gasteiger partial charge in [0.1, 0.15) is 5.82 Å². The number of aryl methyl sites for hydroxylation is 1. The van der Waals surface area contributed by atoms with E-state index in [2.05, 4.69) is 22.8 Å². The van der Waals surface area contributed by atoms with E-state index in [9.17, 15) is 4.39 Å². The second kappa shape index (κ2) is 11.5. The first-order valence-corrected chi connectivity index (χ1v) is 10.1. The smallest absolute Gasteiger partial charge is 0.191 e. The van der Waals surface area contributed by atoms with Gasteiger partial charge >= 0.3 is 0 Å². The van der Waals surface area contributed by atoms with Crippen molar-refractivity contribution in [2.75, 3.05) is 19.7 Å². The number of nitrogens with one attached hydrogen (secondary N) is 2. The zero-order valence-electron chi connectivity index (χ0n) is 17.3. The Balaban J connectivity index is 0.00000300. The molecule has 1 heterocycles. The van der Waals surface area contributed by atoms with E-state index >= 15 is 0 Å². The minimum absolute atomic E-state index is 0. The predicted molar refractivity (Wildman–Crippen MR) is 127 cm³/mol. The summed E-state index contributed by atoms with van der Waals surface area (Å²) in [7, 11) is 0. The van der Waals surface area contributed by atoms with Crippen LogP contribution < -0.4 is 10.6 Å². The van der Waals surface area contributed by atoms with E-state index in [-0.39, 0.29) is 41.9 Å². The lowest BCUT2D eigenvalue weighted by Crippen LogP contribution is -2.39. The van der Waals surface area contributed by atoms with Crippen LogP contribution in [0.2, 0.25) is 0 Å². The molecule has 3 unspecified atom stereocenters. The maximum atomic E-state index is 13.9. The standard InChI is InChI=1S/C23H30FN3O.HI/c1-4-25-23(27-17(3)19-11-10-16(2)21(24)14-19)26-15-20-12-13-28-22(20)18-8-6-5-7-9-18;/h5-11,14,17,20,22H,4,12-13,15H2,1-3H3,(H2,25,26,27);1H. The number of hydrogen-bond donors (Lipinski definition) is 2. The highest BCUT2D eigenvalue weighted by Gasteiger charge is 2.29. The van der Waals surface area contributed by atoms with Crippen molar-refractivity contribution in [3.05, 3.63) is 71.0 Å². The lowest BCUT2D eigenvalue weighted by atomic mass is 9.95. The number of ether oxygens (including phenoxy) is 1. The third-order valence-electron chi connectivity index (χ3n) is 5.22. The van der Waals surface area contributed by atoms with Gasteiger partial charge in [0.25, 0.3) is 0 Å². The molecule has 6 heteroatoms. The van der Waals surface area contributed by atoms with Gasteiger partial charge in [-0.05, 0) is 49.9 Å². The summed E-state index contributed by atoms with van der Waals surface area (Å²) >= 11 is 0. The molecule has 3 atom stereocenters. The van der Waals surface area contributed by atoms with E-state index in [0.717, 1.165) is 31.1 Å². The molecule has 2 aromatic carbocycles. The quantitative estimate of drug-likeness (QED) is 0.321. The molecule has 1 fully saturated rings. The number of guanidine groups is 1. The molecule has 3 rings (SSSR count). The first-order chi connectivity index (χ1) is 13.6. The van der Waals surface area contributed by atoms with Gasteiger partial charge in [0.2, 0.25) is 0 Å². The molecule has 0 radical (unpaired) electrons. The van der Waals surface area contributed by atoms with Crippen molar-refractivity contribution < 1.29 is 9.13 Å². The molecule has 0 spiro atoms. The third kappa shape index (κ3) is 6.40. The molecule has 4 nitrogen and oxygen atoms in total. The third-order valence-corrected chi connectivity index (χ3v) is 5.22. The highest BCUT2D eigenvalue weighted by molar-refractivity contribution is 14.0. The molecular weight excluding hydrogens is 480 g/mol. The highest BCUT2D eigenvalue weighted by Crippen LogP contribution is 2.34. The van der Waals surface area contributed by atoms with E-state index < -0.39 is 0 Å². The van der Waals surface area contributed by atoms with Crippen molar-refractivity contribution in [1.29, 1.82) is 0 Å². The summed E-state index contributed by atoms with van der Waals surface area (Å²) < 4.78 is 19.9. The Morgan fingerprint density at radius 3 is 2.69 bits per heavy atom. The van der Waals surface area contributed by atoms with Gasteiger partial charge in [-0.25, -0.2) is 4.39 Å². The Morgan fingerprint density at radius 2 is 2.00 bits per heavy atom. The van der Waals surface area contributed by atoms with E-state index in [4.69, 9.17) is 9.73 Å². The Morgan fingerprint density at radius 1 is 1.24 bits per heavy atom. The number of halogens is 2. The van der Waals surface area contributed by atoms with Gasteiger partial charge in [0, 0.05) is 25.6 Å². The molecule has 1 saturated heterocycles. The maximum Gasteiger partial charge on any atom is 0.191 e. The zero-order chi connectivity index (χ0) is 19.9. The predicted octanol–water partition coefficient (Wildman–Crippen LogP) is 5.15. The van der Waals surface area contributed by atoms with Crippen molar-refractivity contribution in [2.45, 2.75) is 39.3 Å². The monoisotopic (exact) mass is 511 g/mol. The molecule has 1 aliphatic heterocycles. The molecule has 2 aromatic rings. The van der Waals surface area contributed by atoms with Crippen LogP contribution in [-0.4, -0.2) is 25.7 Å². The van der Waals surface area contributed by atoms with Crippen molar-refractivity contribution in [1.82, 2.24) is 10.6 Å². The zero-order valence-corrected chi connectivity index (χ0v) is 19.7. The SMILES string of the molecule is CCNC(=NCC1CCOC1c1ccccc1)NC(C)c1ccc(C)c(F)c1.I. The molecule has 2 N–H and O–H groups in total. The summed E-state index contributed by atoms with van der Waals surface area (Å²) in [5, 5.41) is 6.68. The topological polar surface area (TPSA) is 45.7 Å². The summed E-state index contributed by atoms with van der Waals surface area (Å²) in [5.41, 5.74) is 2.77. The van der Waals surface area contributed by atoms with E-state index in [0.29, 0.717) is 18.0 Å². The Labute approximate surface area is 190 Å². The average molecular weight is 511 g/mol. The number of hydrogen-bond acceptors (Lipinski definition) is 2.